The maximum absolute atomic E-state index is 13.8. The van der Waals surface area contributed by atoms with Crippen molar-refractivity contribution in [1.82, 2.24) is 4.90 Å². The van der Waals surface area contributed by atoms with Gasteiger partial charge in [-0.05, 0) is 44.5 Å². The molecule has 3 aliphatic rings. The van der Waals surface area contributed by atoms with E-state index in [1.807, 2.05) is 0 Å². The number of primary amides is 1. The van der Waals surface area contributed by atoms with E-state index in [-0.39, 0.29) is 6.42 Å². The van der Waals surface area contributed by atoms with Crippen LogP contribution in [0.2, 0.25) is 0 Å². The quantitative estimate of drug-likeness (QED) is 0.234. The van der Waals surface area contributed by atoms with Gasteiger partial charge in [-0.1, -0.05) is 0 Å². The Morgan fingerprint density at radius 2 is 1.86 bits per heavy atom. The molecule has 0 saturated carbocycles. The maximum atomic E-state index is 13.8. The number of nitrogen functional groups attached to an aromatic ring is 1. The van der Waals surface area contributed by atoms with Crippen LogP contribution in [-0.4, -0.2) is 68.5 Å². The summed E-state index contributed by atoms with van der Waals surface area (Å²) in [5.41, 5.74) is 2.81. The van der Waals surface area contributed by atoms with Crippen LogP contribution in [0.5, 0.6) is 5.75 Å². The number of benzene rings is 1. The van der Waals surface area contributed by atoms with Crippen LogP contribution in [0, 0.1) is 17.2 Å². The lowest BCUT2D eigenvalue weighted by atomic mass is 9.58. The first kappa shape index (κ1) is 24.5. The molecule has 188 valence electrons. The number of aliphatic hydroxyl groups excluding tert-OH is 2. The van der Waals surface area contributed by atoms with Gasteiger partial charge < -0.3 is 37.3 Å². The van der Waals surface area contributed by atoms with Gasteiger partial charge in [-0.25, -0.2) is 0 Å². The Kier molecular flexibility index (Phi) is 5.23. The third-order valence-electron chi connectivity index (χ3n) is 7.12. The number of nitrogens with zero attached hydrogens (tertiary/aromatic N) is 1. The van der Waals surface area contributed by atoms with Crippen LogP contribution >= 0.6 is 0 Å². The number of nitrogens with one attached hydrogen (secondary N) is 1. The van der Waals surface area contributed by atoms with Crippen molar-refractivity contribution >= 4 is 23.1 Å². The van der Waals surface area contributed by atoms with Crippen molar-refractivity contribution in [3.05, 3.63) is 45.4 Å². The van der Waals surface area contributed by atoms with Crippen molar-refractivity contribution in [2.75, 3.05) is 19.8 Å². The second-order valence-corrected chi connectivity index (χ2v) is 9.22. The molecule has 0 radical (unpaired) electrons. The smallest absolute Gasteiger partial charge is 0.416 e. The topological polar surface area (TPSA) is 194 Å². The first-order valence-electron chi connectivity index (χ1n) is 10.5. The van der Waals surface area contributed by atoms with Gasteiger partial charge in [0.15, 0.2) is 11.4 Å². The van der Waals surface area contributed by atoms with Gasteiger partial charge >= 0.3 is 6.18 Å². The summed E-state index contributed by atoms with van der Waals surface area (Å²) in [5, 5.41) is 52.2. The summed E-state index contributed by atoms with van der Waals surface area (Å²) in [5.74, 6) is -7.33. The molecule has 0 bridgehead atoms. The van der Waals surface area contributed by atoms with Gasteiger partial charge in [-0.3, -0.25) is 14.5 Å². The molecule has 1 aromatic rings. The highest BCUT2D eigenvalue weighted by Crippen LogP contribution is 2.54. The summed E-state index contributed by atoms with van der Waals surface area (Å²) in [6.45, 7) is 0. The Morgan fingerprint density at radius 3 is 2.37 bits per heavy atom. The minimum Gasteiger partial charge on any atom is -0.510 e. The Labute approximate surface area is 196 Å². The number of hydrogen-bond donors (Lipinski definition) is 7. The van der Waals surface area contributed by atoms with Crippen molar-refractivity contribution in [1.29, 1.82) is 5.41 Å². The summed E-state index contributed by atoms with van der Waals surface area (Å²) < 4.78 is 41.3. The van der Waals surface area contributed by atoms with Crippen LogP contribution in [0.15, 0.2) is 28.7 Å². The van der Waals surface area contributed by atoms with Gasteiger partial charge in [-0.2, -0.15) is 13.2 Å². The number of rotatable bonds is 2. The van der Waals surface area contributed by atoms with Crippen LogP contribution < -0.4 is 11.5 Å². The minimum absolute atomic E-state index is 0.245. The van der Waals surface area contributed by atoms with Crippen molar-refractivity contribution in [3.63, 3.8) is 0 Å². The molecule has 10 nitrogen and oxygen atoms in total. The third kappa shape index (κ3) is 3.14. The Balaban J connectivity index is 2.01. The highest BCUT2D eigenvalue weighted by atomic mass is 19.4. The van der Waals surface area contributed by atoms with Crippen molar-refractivity contribution < 1.29 is 43.2 Å². The van der Waals surface area contributed by atoms with E-state index >= 15 is 0 Å². The SMILES string of the molecule is CN(C)[C@@H]1C(O)=C(C(N)=O)C(=N)[C@@]2(O)C(O)=C3C(=O)c4c(O)c(N)cc(C(F)(F)F)c4C[C@H]3C[C@@H]12. The number of nitrogens with two attached hydrogens (primary N) is 2. The van der Waals surface area contributed by atoms with Crippen LogP contribution in [0.1, 0.15) is 27.9 Å². The number of halogens is 3. The molecule has 4 rings (SSSR count). The van der Waals surface area contributed by atoms with Gasteiger partial charge in [0, 0.05) is 11.5 Å². The predicted octanol–water partition coefficient (Wildman–Crippen LogP) is 1.17. The Bertz CT molecular complexity index is 1270. The molecule has 0 spiro atoms. The molecule has 0 unspecified atom stereocenters. The highest BCUT2D eigenvalue weighted by Gasteiger charge is 2.61. The number of hydrogen-bond acceptors (Lipinski definition) is 9. The average molecular weight is 496 g/mol. The summed E-state index contributed by atoms with van der Waals surface area (Å²) in [6, 6.07) is -0.638. The molecule has 0 aliphatic heterocycles. The number of Topliss-reactive ketones (excluding diaryl/α,β-unsaturated/α-hetero) is 1. The maximum Gasteiger partial charge on any atom is 0.416 e. The monoisotopic (exact) mass is 496 g/mol. The molecular weight excluding hydrogens is 473 g/mol. The van der Waals surface area contributed by atoms with E-state index < -0.39 is 104 Å². The summed E-state index contributed by atoms with van der Waals surface area (Å²) in [7, 11) is 2.96. The number of likely N-dealkylation sites (N-methyl/N-ethyl adjacent to an activating group) is 1. The van der Waals surface area contributed by atoms with Crippen molar-refractivity contribution in [2.45, 2.75) is 30.7 Å². The number of carbonyl (C=O) groups excluding carboxylic acids is 2. The number of aliphatic hydroxyl groups is 3. The number of alkyl halides is 3. The van der Waals surface area contributed by atoms with Gasteiger partial charge in [0.25, 0.3) is 5.91 Å². The zero-order valence-corrected chi connectivity index (χ0v) is 18.6. The molecule has 3 aliphatic carbocycles. The Hall–Kier alpha value is -3.58. The minimum atomic E-state index is -4.90. The lowest BCUT2D eigenvalue weighted by molar-refractivity contribution is -0.138. The normalized spacial score (nSPS) is 28.7. The zero-order valence-electron chi connectivity index (χ0n) is 18.6. The van der Waals surface area contributed by atoms with Gasteiger partial charge in [0.2, 0.25) is 0 Å². The second kappa shape index (κ2) is 7.46. The average Bonchev–Trinajstić information content (AvgIpc) is 2.71. The molecule has 13 heteroatoms. The summed E-state index contributed by atoms with van der Waals surface area (Å²) in [4.78, 5) is 26.8. The van der Waals surface area contributed by atoms with Crippen molar-refractivity contribution in [2.24, 2.45) is 17.6 Å². The molecule has 35 heavy (non-hydrogen) atoms. The second-order valence-electron chi connectivity index (χ2n) is 9.22. The molecule has 0 aromatic heterocycles. The van der Waals surface area contributed by atoms with E-state index in [1.165, 1.54) is 19.0 Å². The summed E-state index contributed by atoms with van der Waals surface area (Å²) in [6.07, 6.45) is -5.59. The lowest BCUT2D eigenvalue weighted by Gasteiger charge is -2.51. The fourth-order valence-electron chi connectivity index (χ4n) is 5.64. The van der Waals surface area contributed by atoms with Gasteiger partial charge in [0.1, 0.15) is 22.8 Å². The molecule has 0 saturated heterocycles. The zero-order chi connectivity index (χ0) is 26.4. The fourth-order valence-corrected chi connectivity index (χ4v) is 5.64. The van der Waals surface area contributed by atoms with Gasteiger partial charge in [0.05, 0.1) is 28.6 Å². The first-order chi connectivity index (χ1) is 16.0. The number of carbonyl (C=O) groups is 2. The number of ketones is 1. The molecule has 9 N–H and O–H groups in total. The third-order valence-corrected chi connectivity index (χ3v) is 7.12. The van der Waals surface area contributed by atoms with Crippen LogP contribution in [0.25, 0.3) is 0 Å². The van der Waals surface area contributed by atoms with E-state index in [2.05, 4.69) is 0 Å². The lowest BCUT2D eigenvalue weighted by Crippen LogP contribution is -2.63. The number of aromatic hydroxyl groups is 1. The van der Waals surface area contributed by atoms with Crippen LogP contribution in [0.4, 0.5) is 18.9 Å². The number of phenolic OH excluding ortho intramolecular Hbond substituents is 1. The Morgan fingerprint density at radius 1 is 1.26 bits per heavy atom. The number of allylic oxidation sites excluding steroid dienone is 1. The summed E-state index contributed by atoms with van der Waals surface area (Å²) >= 11 is 0. The number of phenols is 1. The molecule has 4 atom stereocenters. The largest absolute Gasteiger partial charge is 0.510 e. The first-order valence-corrected chi connectivity index (χ1v) is 10.5. The highest BCUT2D eigenvalue weighted by molar-refractivity contribution is 6.26. The number of amides is 1. The van der Waals surface area contributed by atoms with Crippen molar-refractivity contribution in [3.8, 4) is 5.75 Å². The van der Waals surface area contributed by atoms with Gasteiger partial charge in [-0.15, -0.1) is 0 Å². The van der Waals surface area contributed by atoms with Crippen LogP contribution in [0.3, 0.4) is 0 Å². The fraction of sp³-hybridized carbons (Fsp3) is 0.409. The van der Waals surface area contributed by atoms with E-state index in [0.29, 0.717) is 6.07 Å². The predicted molar refractivity (Wildman–Crippen MR) is 116 cm³/mol. The number of anilines is 1. The molecule has 0 heterocycles. The standard InChI is InChI=1S/C22H23F3N4O6/c1-29(2)14-9-4-6-3-7-8(22(23,24)25)5-10(26)15(30)12(7)16(31)11(6)19(33)21(9,35)18(27)13(17(14)32)20(28)34/h5-6,9,14,27,30,32-33,35H,3-4,26H2,1-2H3,(H2,28,34)/t6-,9-,14-,21+/m0/s1. The molecular formula is C22H23F3N4O6. The molecule has 1 aromatic carbocycles. The molecule has 1 amide bonds. The molecule has 0 fully saturated rings. The number of fused-ring (bicyclic) bond motifs is 3. The van der Waals surface area contributed by atoms with E-state index in [0.717, 1.165) is 0 Å². The van der Waals surface area contributed by atoms with E-state index in [4.69, 9.17) is 16.9 Å². The van der Waals surface area contributed by atoms with E-state index in [9.17, 15) is 43.2 Å². The van der Waals surface area contributed by atoms with Crippen LogP contribution in [-0.2, 0) is 17.4 Å². The van der Waals surface area contributed by atoms with E-state index in [1.54, 1.807) is 0 Å².